The number of aromatic nitrogens is 4. The summed E-state index contributed by atoms with van der Waals surface area (Å²) in [6.45, 7) is 8.10. The first-order valence-electron chi connectivity index (χ1n) is 10.8. The number of hydrogen-bond acceptors (Lipinski definition) is 5. The summed E-state index contributed by atoms with van der Waals surface area (Å²) in [6.07, 6.45) is 4.17. The lowest BCUT2D eigenvalue weighted by Gasteiger charge is -2.35. The Morgan fingerprint density at radius 2 is 1.87 bits per heavy atom. The van der Waals surface area contributed by atoms with Crippen molar-refractivity contribution in [3.63, 3.8) is 0 Å². The molecule has 0 aliphatic carbocycles. The van der Waals surface area contributed by atoms with Crippen LogP contribution in [0.5, 0.6) is 0 Å². The summed E-state index contributed by atoms with van der Waals surface area (Å²) in [4.78, 5) is 31.9. The summed E-state index contributed by atoms with van der Waals surface area (Å²) in [5.74, 6) is 1.20. The van der Waals surface area contributed by atoms with E-state index >= 15 is 0 Å². The Morgan fingerprint density at radius 1 is 1.16 bits per heavy atom. The molecule has 0 radical (unpaired) electrons. The number of benzene rings is 1. The third-order valence-electron chi connectivity index (χ3n) is 5.96. The standard InChI is InChI=1S/C23H30N6O2/c1-16-8-17(2)12-28(11-16)13-19-7-5-4-6-18(19)9-24-21(30)14-29-15-25-22-20(23(29)31)10-26-27(22)3/h4-7,10,15-17H,8-9,11-14H2,1-3H3,(H,24,30)/t16-,17-/m0/s1. The Balaban J connectivity index is 1.40. The molecule has 31 heavy (non-hydrogen) atoms. The van der Waals surface area contributed by atoms with Gasteiger partial charge in [-0.15, -0.1) is 0 Å². The molecule has 0 unspecified atom stereocenters. The number of nitrogens with zero attached hydrogens (tertiary/aromatic N) is 5. The molecule has 1 amide bonds. The molecule has 1 aromatic carbocycles. The summed E-state index contributed by atoms with van der Waals surface area (Å²) < 4.78 is 2.86. The topological polar surface area (TPSA) is 85.1 Å². The lowest BCUT2D eigenvalue weighted by atomic mass is 9.91. The summed E-state index contributed by atoms with van der Waals surface area (Å²) in [5, 5.41) is 7.42. The van der Waals surface area contributed by atoms with E-state index in [0.29, 0.717) is 29.4 Å². The maximum absolute atomic E-state index is 12.6. The molecule has 2 atom stereocenters. The molecule has 2 aromatic heterocycles. The Hall–Kier alpha value is -3.00. The summed E-state index contributed by atoms with van der Waals surface area (Å²) in [5.41, 5.74) is 2.59. The van der Waals surface area contributed by atoms with Crippen molar-refractivity contribution in [2.24, 2.45) is 18.9 Å². The second-order valence-electron chi connectivity index (χ2n) is 8.87. The number of rotatable bonds is 6. The molecular weight excluding hydrogens is 392 g/mol. The number of nitrogens with one attached hydrogen (secondary N) is 1. The van der Waals surface area contributed by atoms with Crippen LogP contribution in [-0.2, 0) is 31.5 Å². The van der Waals surface area contributed by atoms with Crippen molar-refractivity contribution in [3.8, 4) is 0 Å². The normalized spacial score (nSPS) is 19.6. The van der Waals surface area contributed by atoms with E-state index in [2.05, 4.69) is 46.3 Å². The van der Waals surface area contributed by atoms with Gasteiger partial charge in [-0.2, -0.15) is 5.10 Å². The van der Waals surface area contributed by atoms with Gasteiger partial charge < -0.3 is 5.32 Å². The number of carbonyl (C=O) groups excluding carboxylic acids is 1. The minimum atomic E-state index is -0.262. The van der Waals surface area contributed by atoms with Gasteiger partial charge in [-0.1, -0.05) is 38.1 Å². The summed E-state index contributed by atoms with van der Waals surface area (Å²) >= 11 is 0. The van der Waals surface area contributed by atoms with Gasteiger partial charge in [-0.3, -0.25) is 23.7 Å². The van der Waals surface area contributed by atoms with Gasteiger partial charge in [0.15, 0.2) is 5.65 Å². The number of hydrogen-bond donors (Lipinski definition) is 1. The Morgan fingerprint density at radius 3 is 2.61 bits per heavy atom. The van der Waals surface area contributed by atoms with E-state index in [-0.39, 0.29) is 18.0 Å². The minimum Gasteiger partial charge on any atom is -0.350 e. The first kappa shape index (κ1) is 21.2. The van der Waals surface area contributed by atoms with E-state index in [4.69, 9.17) is 0 Å². The lowest BCUT2D eigenvalue weighted by molar-refractivity contribution is -0.121. The number of aryl methyl sites for hydroxylation is 1. The molecule has 0 spiro atoms. The Bertz CT molecular complexity index is 1120. The lowest BCUT2D eigenvalue weighted by Crippen LogP contribution is -2.38. The van der Waals surface area contributed by atoms with Crippen LogP contribution in [0, 0.1) is 11.8 Å². The van der Waals surface area contributed by atoms with E-state index < -0.39 is 0 Å². The van der Waals surface area contributed by atoms with Crippen LogP contribution < -0.4 is 10.9 Å². The summed E-state index contributed by atoms with van der Waals surface area (Å²) in [6, 6.07) is 8.24. The van der Waals surface area contributed by atoms with Gasteiger partial charge in [-0.25, -0.2) is 4.98 Å². The van der Waals surface area contributed by atoms with Crippen molar-refractivity contribution >= 4 is 16.9 Å². The van der Waals surface area contributed by atoms with Crippen LogP contribution in [-0.4, -0.2) is 43.2 Å². The largest absolute Gasteiger partial charge is 0.350 e. The average Bonchev–Trinajstić information content (AvgIpc) is 3.10. The molecule has 3 heterocycles. The Labute approximate surface area is 181 Å². The van der Waals surface area contributed by atoms with Crippen LogP contribution in [0.2, 0.25) is 0 Å². The van der Waals surface area contributed by atoms with E-state index in [0.717, 1.165) is 25.2 Å². The molecular formula is C23H30N6O2. The predicted octanol–water partition coefficient (Wildman–Crippen LogP) is 1.92. The molecule has 1 N–H and O–H groups in total. The highest BCUT2D eigenvalue weighted by atomic mass is 16.2. The van der Waals surface area contributed by atoms with Crippen molar-refractivity contribution in [2.75, 3.05) is 13.1 Å². The minimum absolute atomic E-state index is 0.0695. The average molecular weight is 423 g/mol. The van der Waals surface area contributed by atoms with Gasteiger partial charge in [0.05, 0.1) is 6.20 Å². The molecule has 1 saturated heterocycles. The predicted molar refractivity (Wildman–Crippen MR) is 119 cm³/mol. The second-order valence-corrected chi connectivity index (χ2v) is 8.87. The van der Waals surface area contributed by atoms with Crippen LogP contribution in [0.4, 0.5) is 0 Å². The van der Waals surface area contributed by atoms with E-state index in [1.807, 2.05) is 12.1 Å². The van der Waals surface area contributed by atoms with Gasteiger partial charge in [-0.05, 0) is 29.4 Å². The highest BCUT2D eigenvalue weighted by Crippen LogP contribution is 2.23. The SMILES string of the molecule is C[C@H]1C[C@H](C)CN(Cc2ccccc2CNC(=O)Cn2cnc3c(cnn3C)c2=O)C1. The molecule has 1 aliphatic heterocycles. The van der Waals surface area contributed by atoms with Crippen LogP contribution in [0.15, 0.2) is 41.6 Å². The summed E-state index contributed by atoms with van der Waals surface area (Å²) in [7, 11) is 1.73. The zero-order chi connectivity index (χ0) is 22.0. The molecule has 4 rings (SSSR count). The van der Waals surface area contributed by atoms with Crippen molar-refractivity contribution in [1.29, 1.82) is 0 Å². The molecule has 0 bridgehead atoms. The van der Waals surface area contributed by atoms with Gasteiger partial charge in [0.1, 0.15) is 18.3 Å². The first-order chi connectivity index (χ1) is 14.9. The van der Waals surface area contributed by atoms with Gasteiger partial charge >= 0.3 is 0 Å². The first-order valence-corrected chi connectivity index (χ1v) is 10.8. The van der Waals surface area contributed by atoms with Crippen LogP contribution >= 0.6 is 0 Å². The molecule has 0 saturated carbocycles. The zero-order valence-electron chi connectivity index (χ0n) is 18.4. The monoisotopic (exact) mass is 422 g/mol. The fraction of sp³-hybridized carbons (Fsp3) is 0.478. The number of carbonyl (C=O) groups is 1. The quantitative estimate of drug-likeness (QED) is 0.656. The number of fused-ring (bicyclic) bond motifs is 1. The van der Waals surface area contributed by atoms with Crippen molar-refractivity contribution in [1.82, 2.24) is 29.5 Å². The Kier molecular flexibility index (Phi) is 6.18. The van der Waals surface area contributed by atoms with E-state index in [1.165, 1.54) is 29.1 Å². The van der Waals surface area contributed by atoms with Gasteiger partial charge in [0.2, 0.25) is 5.91 Å². The molecule has 1 fully saturated rings. The highest BCUT2D eigenvalue weighted by molar-refractivity contribution is 5.77. The number of piperidine rings is 1. The van der Waals surface area contributed by atoms with Gasteiger partial charge in [0.25, 0.3) is 5.56 Å². The van der Waals surface area contributed by atoms with E-state index in [1.54, 1.807) is 11.7 Å². The van der Waals surface area contributed by atoms with Gasteiger partial charge in [0, 0.05) is 33.2 Å². The third-order valence-corrected chi connectivity index (χ3v) is 5.96. The maximum Gasteiger partial charge on any atom is 0.264 e. The van der Waals surface area contributed by atoms with Crippen molar-refractivity contribution < 1.29 is 4.79 Å². The molecule has 8 nitrogen and oxygen atoms in total. The van der Waals surface area contributed by atoms with Crippen molar-refractivity contribution in [2.45, 2.75) is 39.9 Å². The highest BCUT2D eigenvalue weighted by Gasteiger charge is 2.22. The fourth-order valence-electron chi connectivity index (χ4n) is 4.63. The molecule has 3 aromatic rings. The smallest absolute Gasteiger partial charge is 0.264 e. The van der Waals surface area contributed by atoms with Crippen LogP contribution in [0.25, 0.3) is 11.0 Å². The van der Waals surface area contributed by atoms with Crippen LogP contribution in [0.1, 0.15) is 31.4 Å². The molecule has 1 aliphatic rings. The van der Waals surface area contributed by atoms with E-state index in [9.17, 15) is 9.59 Å². The molecule has 8 heteroatoms. The van der Waals surface area contributed by atoms with Crippen molar-refractivity contribution in [3.05, 3.63) is 58.3 Å². The zero-order valence-corrected chi connectivity index (χ0v) is 18.4. The second kappa shape index (κ2) is 9.01. The number of likely N-dealkylation sites (tertiary alicyclic amines) is 1. The maximum atomic E-state index is 12.6. The number of amides is 1. The third kappa shape index (κ3) is 4.85. The van der Waals surface area contributed by atoms with Crippen LogP contribution in [0.3, 0.4) is 0 Å². The fourth-order valence-corrected chi connectivity index (χ4v) is 4.63. The molecule has 164 valence electrons.